The molecule has 0 saturated heterocycles. The molecular weight excluding hydrogens is 244 g/mol. The second-order valence-corrected chi connectivity index (χ2v) is 4.47. The molecule has 102 valence electrons. The Morgan fingerprint density at radius 1 is 1.11 bits per heavy atom. The fraction of sp³-hybridized carbons (Fsp3) is 0.400. The van der Waals surface area contributed by atoms with Crippen LogP contribution in [0.1, 0.15) is 17.9 Å². The summed E-state index contributed by atoms with van der Waals surface area (Å²) in [6.45, 7) is 0. The summed E-state index contributed by atoms with van der Waals surface area (Å²) in [5.41, 5.74) is 1.06. The molecular formula is C15H18O4. The smallest absolute Gasteiger partial charge is 0.310 e. The van der Waals surface area contributed by atoms with Gasteiger partial charge in [0.05, 0.1) is 33.0 Å². The van der Waals surface area contributed by atoms with Gasteiger partial charge in [0.25, 0.3) is 0 Å². The number of carbonyl (C=O) groups excluding carboxylic acids is 1. The summed E-state index contributed by atoms with van der Waals surface area (Å²) >= 11 is 0. The van der Waals surface area contributed by atoms with Crippen molar-refractivity contribution in [1.29, 1.82) is 0 Å². The fourth-order valence-corrected chi connectivity index (χ4v) is 2.42. The topological polar surface area (TPSA) is 44.8 Å². The molecule has 0 bridgehead atoms. The molecule has 0 N–H and O–H groups in total. The van der Waals surface area contributed by atoms with Gasteiger partial charge in [0, 0.05) is 12.3 Å². The molecule has 0 unspecified atom stereocenters. The summed E-state index contributed by atoms with van der Waals surface area (Å²) in [7, 11) is 4.67. The normalized spacial score (nSPS) is 21.7. The second kappa shape index (κ2) is 5.78. The van der Waals surface area contributed by atoms with Crippen molar-refractivity contribution in [2.75, 3.05) is 21.3 Å². The van der Waals surface area contributed by atoms with Gasteiger partial charge in [-0.1, -0.05) is 12.1 Å². The van der Waals surface area contributed by atoms with Gasteiger partial charge in [0.15, 0.2) is 0 Å². The summed E-state index contributed by atoms with van der Waals surface area (Å²) in [6, 6.07) is 7.72. The van der Waals surface area contributed by atoms with E-state index in [4.69, 9.17) is 14.2 Å². The quantitative estimate of drug-likeness (QED) is 0.782. The lowest BCUT2D eigenvalue weighted by Gasteiger charge is -2.17. The second-order valence-electron chi connectivity index (χ2n) is 4.47. The molecule has 0 amide bonds. The molecule has 4 heteroatoms. The van der Waals surface area contributed by atoms with Gasteiger partial charge in [-0.05, 0) is 23.8 Å². The van der Waals surface area contributed by atoms with Crippen LogP contribution in [0.4, 0.5) is 0 Å². The van der Waals surface area contributed by atoms with E-state index in [2.05, 4.69) is 0 Å². The number of hydrogen-bond acceptors (Lipinski definition) is 4. The van der Waals surface area contributed by atoms with E-state index in [0.29, 0.717) is 6.42 Å². The highest BCUT2D eigenvalue weighted by atomic mass is 16.5. The van der Waals surface area contributed by atoms with Gasteiger partial charge in [0.2, 0.25) is 0 Å². The lowest BCUT2D eigenvalue weighted by molar-refractivity contribution is -0.145. The van der Waals surface area contributed by atoms with Crippen molar-refractivity contribution < 1.29 is 19.0 Å². The Labute approximate surface area is 113 Å². The average Bonchev–Trinajstić information content (AvgIpc) is 2.90. The monoisotopic (exact) mass is 262 g/mol. The molecule has 0 aromatic heterocycles. The van der Waals surface area contributed by atoms with Crippen LogP contribution >= 0.6 is 0 Å². The number of allylic oxidation sites excluding steroid dienone is 2. The highest BCUT2D eigenvalue weighted by molar-refractivity contribution is 5.75. The van der Waals surface area contributed by atoms with Gasteiger partial charge in [-0.15, -0.1) is 0 Å². The molecule has 0 spiro atoms. The van der Waals surface area contributed by atoms with E-state index in [0.717, 1.165) is 17.1 Å². The predicted octanol–water partition coefficient (Wildman–Crippen LogP) is 2.50. The highest BCUT2D eigenvalue weighted by Gasteiger charge is 2.35. The molecule has 0 heterocycles. The first-order chi connectivity index (χ1) is 9.19. The van der Waals surface area contributed by atoms with Crippen LogP contribution in [-0.4, -0.2) is 27.3 Å². The van der Waals surface area contributed by atoms with Crippen molar-refractivity contribution in [3.05, 3.63) is 41.7 Å². The molecule has 0 fully saturated rings. The summed E-state index contributed by atoms with van der Waals surface area (Å²) in [4.78, 5) is 11.8. The van der Waals surface area contributed by atoms with Crippen molar-refractivity contribution in [2.45, 2.75) is 12.3 Å². The molecule has 1 aromatic rings. The van der Waals surface area contributed by atoms with Gasteiger partial charge in [-0.25, -0.2) is 0 Å². The molecule has 2 atom stereocenters. The third kappa shape index (κ3) is 2.72. The van der Waals surface area contributed by atoms with Crippen molar-refractivity contribution in [2.24, 2.45) is 5.92 Å². The SMILES string of the molecule is COC(=O)[C@@H]1CC(OC)=C[C@H]1c1ccc(OC)cc1. The standard InChI is InChI=1S/C15H18O4/c1-17-11-6-4-10(5-7-11)13-8-12(18-2)9-14(13)15(16)19-3/h4-8,13-14H,9H2,1-3H3/t13-,14+/m0/s1. The Balaban J connectivity index is 2.27. The summed E-state index contributed by atoms with van der Waals surface area (Å²) in [6.07, 6.45) is 2.57. The molecule has 0 radical (unpaired) electrons. The number of esters is 1. The zero-order chi connectivity index (χ0) is 13.8. The molecule has 0 aliphatic heterocycles. The molecule has 1 aliphatic carbocycles. The molecule has 2 rings (SSSR count). The summed E-state index contributed by atoms with van der Waals surface area (Å²) in [5.74, 6) is 1.20. The minimum Gasteiger partial charge on any atom is -0.501 e. The minimum atomic E-state index is -0.214. The Hall–Kier alpha value is -1.97. The third-order valence-corrected chi connectivity index (χ3v) is 3.49. The first-order valence-corrected chi connectivity index (χ1v) is 6.16. The van der Waals surface area contributed by atoms with E-state index in [-0.39, 0.29) is 17.8 Å². The maximum atomic E-state index is 11.8. The first-order valence-electron chi connectivity index (χ1n) is 6.16. The zero-order valence-electron chi connectivity index (χ0n) is 11.4. The van der Waals surface area contributed by atoms with Crippen molar-refractivity contribution in [1.82, 2.24) is 0 Å². The highest BCUT2D eigenvalue weighted by Crippen LogP contribution is 2.39. The van der Waals surface area contributed by atoms with Crippen molar-refractivity contribution >= 4 is 5.97 Å². The molecule has 1 aliphatic rings. The molecule has 4 nitrogen and oxygen atoms in total. The Morgan fingerprint density at radius 2 is 1.79 bits per heavy atom. The van der Waals surface area contributed by atoms with E-state index in [1.807, 2.05) is 30.3 Å². The van der Waals surface area contributed by atoms with Crippen LogP contribution in [0.15, 0.2) is 36.1 Å². The Kier molecular flexibility index (Phi) is 4.10. The Bertz CT molecular complexity index is 475. The van der Waals surface area contributed by atoms with E-state index in [1.54, 1.807) is 14.2 Å². The average molecular weight is 262 g/mol. The molecule has 0 saturated carbocycles. The van der Waals surface area contributed by atoms with Crippen LogP contribution in [-0.2, 0) is 14.3 Å². The fourth-order valence-electron chi connectivity index (χ4n) is 2.42. The zero-order valence-corrected chi connectivity index (χ0v) is 11.4. The number of benzene rings is 1. The van der Waals surface area contributed by atoms with Crippen LogP contribution in [0, 0.1) is 5.92 Å². The van der Waals surface area contributed by atoms with E-state index < -0.39 is 0 Å². The van der Waals surface area contributed by atoms with Crippen LogP contribution < -0.4 is 4.74 Å². The first kappa shape index (κ1) is 13.5. The molecule has 19 heavy (non-hydrogen) atoms. The van der Waals surface area contributed by atoms with Gasteiger partial charge in [-0.2, -0.15) is 0 Å². The third-order valence-electron chi connectivity index (χ3n) is 3.49. The number of methoxy groups -OCH3 is 3. The van der Waals surface area contributed by atoms with Crippen LogP contribution in [0.2, 0.25) is 0 Å². The predicted molar refractivity (Wildman–Crippen MR) is 71.0 cm³/mol. The van der Waals surface area contributed by atoms with Gasteiger partial charge < -0.3 is 14.2 Å². The van der Waals surface area contributed by atoms with E-state index >= 15 is 0 Å². The van der Waals surface area contributed by atoms with Gasteiger partial charge in [0.1, 0.15) is 5.75 Å². The van der Waals surface area contributed by atoms with Crippen molar-refractivity contribution in [3.8, 4) is 5.75 Å². The lowest BCUT2D eigenvalue weighted by Crippen LogP contribution is -2.19. The number of hydrogen-bond donors (Lipinski definition) is 0. The maximum absolute atomic E-state index is 11.8. The van der Waals surface area contributed by atoms with E-state index in [9.17, 15) is 4.79 Å². The number of rotatable bonds is 4. The minimum absolute atomic E-state index is 0.00620. The van der Waals surface area contributed by atoms with Gasteiger partial charge in [-0.3, -0.25) is 4.79 Å². The lowest BCUT2D eigenvalue weighted by atomic mass is 9.89. The van der Waals surface area contributed by atoms with Crippen molar-refractivity contribution in [3.63, 3.8) is 0 Å². The Morgan fingerprint density at radius 3 is 2.32 bits per heavy atom. The van der Waals surface area contributed by atoms with E-state index in [1.165, 1.54) is 7.11 Å². The van der Waals surface area contributed by atoms with Crippen LogP contribution in [0.3, 0.4) is 0 Å². The largest absolute Gasteiger partial charge is 0.501 e. The maximum Gasteiger partial charge on any atom is 0.310 e. The summed E-state index contributed by atoms with van der Waals surface area (Å²) < 4.78 is 15.3. The summed E-state index contributed by atoms with van der Waals surface area (Å²) in [5, 5.41) is 0. The van der Waals surface area contributed by atoms with Gasteiger partial charge >= 0.3 is 5.97 Å². The van der Waals surface area contributed by atoms with Crippen LogP contribution in [0.25, 0.3) is 0 Å². The van der Waals surface area contributed by atoms with Crippen LogP contribution in [0.5, 0.6) is 5.75 Å². The number of ether oxygens (including phenoxy) is 3. The number of carbonyl (C=O) groups is 1. The molecule has 1 aromatic carbocycles.